The van der Waals surface area contributed by atoms with Crippen molar-refractivity contribution in [2.24, 2.45) is 0 Å². The van der Waals surface area contributed by atoms with Gasteiger partial charge in [0.2, 0.25) is 10.0 Å². The van der Waals surface area contributed by atoms with Gasteiger partial charge in [0.25, 0.3) is 0 Å². The highest BCUT2D eigenvalue weighted by Crippen LogP contribution is 2.43. The molecular weight excluding hydrogens is 491 g/mol. The maximum Gasteiger partial charge on any atom is 0.236 e. The molecule has 1 aliphatic rings. The number of nitrogens with zero attached hydrogens (tertiary/aromatic N) is 3. The van der Waals surface area contributed by atoms with E-state index in [9.17, 15) is 8.42 Å². The van der Waals surface area contributed by atoms with Crippen molar-refractivity contribution in [3.63, 3.8) is 0 Å². The average molecular weight is 513 g/mol. The molecule has 1 unspecified atom stereocenters. The van der Waals surface area contributed by atoms with Crippen molar-refractivity contribution in [1.29, 1.82) is 0 Å². The smallest absolute Gasteiger partial charge is 0.236 e. The molecule has 1 aromatic heterocycles. The molecule has 0 radical (unpaired) electrons. The van der Waals surface area contributed by atoms with E-state index in [2.05, 4.69) is 5.32 Å². The molecule has 0 fully saturated rings. The second-order valence-corrected chi connectivity index (χ2v) is 11.0. The summed E-state index contributed by atoms with van der Waals surface area (Å²) < 4.78 is 29.5. The van der Waals surface area contributed by atoms with Crippen LogP contribution in [0.3, 0.4) is 0 Å². The van der Waals surface area contributed by atoms with Crippen molar-refractivity contribution in [3.8, 4) is 16.9 Å². The third kappa shape index (κ3) is 4.20. The van der Waals surface area contributed by atoms with Crippen molar-refractivity contribution >= 4 is 38.9 Å². The van der Waals surface area contributed by atoms with Gasteiger partial charge < -0.3 is 5.32 Å². The molecule has 6 nitrogen and oxygen atoms in total. The SMILES string of the molecule is CN1c2c(nn(-c3ccccc3Cl)c2-c2ccc(Cl)cc2)C(NCc2ccccc2)CS1(=O)=O. The molecule has 1 atom stereocenters. The number of anilines is 1. The van der Waals surface area contributed by atoms with Crippen LogP contribution in [-0.4, -0.2) is 31.0 Å². The second-order valence-electron chi connectivity index (χ2n) is 8.12. The van der Waals surface area contributed by atoms with Crippen LogP contribution in [0.2, 0.25) is 10.0 Å². The average Bonchev–Trinajstić information content (AvgIpc) is 3.22. The van der Waals surface area contributed by atoms with Crippen molar-refractivity contribution < 1.29 is 8.42 Å². The van der Waals surface area contributed by atoms with Gasteiger partial charge in [0.15, 0.2) is 0 Å². The molecule has 0 bridgehead atoms. The molecule has 9 heteroatoms. The monoisotopic (exact) mass is 512 g/mol. The molecule has 0 spiro atoms. The molecule has 0 aliphatic carbocycles. The minimum absolute atomic E-state index is 0.0943. The Hall–Kier alpha value is -2.84. The number of halogens is 2. The summed E-state index contributed by atoms with van der Waals surface area (Å²) in [6, 6.07) is 24.0. The number of hydrogen-bond donors (Lipinski definition) is 1. The molecule has 1 aliphatic heterocycles. The first-order valence-electron chi connectivity index (χ1n) is 10.7. The van der Waals surface area contributed by atoms with Gasteiger partial charge in [-0.2, -0.15) is 5.10 Å². The molecular formula is C25H22Cl2N4O2S. The lowest BCUT2D eigenvalue weighted by molar-refractivity contribution is 0.528. The summed E-state index contributed by atoms with van der Waals surface area (Å²) in [5.41, 5.74) is 4.32. The number of para-hydroxylation sites is 1. The Morgan fingerprint density at radius 3 is 2.35 bits per heavy atom. The zero-order valence-electron chi connectivity index (χ0n) is 18.3. The largest absolute Gasteiger partial charge is 0.303 e. The molecule has 34 heavy (non-hydrogen) atoms. The quantitative estimate of drug-likeness (QED) is 0.385. The van der Waals surface area contributed by atoms with E-state index in [0.717, 1.165) is 11.1 Å². The number of aromatic nitrogens is 2. The fraction of sp³-hybridized carbons (Fsp3) is 0.160. The van der Waals surface area contributed by atoms with Crippen LogP contribution in [0.1, 0.15) is 17.3 Å². The molecule has 174 valence electrons. The zero-order chi connectivity index (χ0) is 23.9. The summed E-state index contributed by atoms with van der Waals surface area (Å²) >= 11 is 12.7. The third-order valence-corrected chi connectivity index (χ3v) is 8.26. The van der Waals surface area contributed by atoms with E-state index in [4.69, 9.17) is 28.3 Å². The number of sulfonamides is 1. The van der Waals surface area contributed by atoms with Crippen molar-refractivity contribution in [1.82, 2.24) is 15.1 Å². The fourth-order valence-corrected chi connectivity index (χ4v) is 5.89. The van der Waals surface area contributed by atoms with Crippen LogP contribution >= 0.6 is 23.2 Å². The lowest BCUT2D eigenvalue weighted by Crippen LogP contribution is -2.41. The number of benzene rings is 3. The van der Waals surface area contributed by atoms with Gasteiger partial charge in [-0.15, -0.1) is 0 Å². The first-order chi connectivity index (χ1) is 16.3. The maximum absolute atomic E-state index is 13.2. The van der Waals surface area contributed by atoms with Crippen LogP contribution in [0.15, 0.2) is 78.9 Å². The summed E-state index contributed by atoms with van der Waals surface area (Å²) in [7, 11) is -2.02. The van der Waals surface area contributed by atoms with Crippen molar-refractivity contribution in [2.45, 2.75) is 12.6 Å². The topological polar surface area (TPSA) is 67.2 Å². The molecule has 0 saturated carbocycles. The highest BCUT2D eigenvalue weighted by molar-refractivity contribution is 7.92. The first kappa shape index (κ1) is 22.9. The van der Waals surface area contributed by atoms with Gasteiger partial charge in [-0.25, -0.2) is 13.1 Å². The molecule has 3 aromatic carbocycles. The lowest BCUT2D eigenvalue weighted by Gasteiger charge is -2.30. The Balaban J connectivity index is 1.70. The van der Waals surface area contributed by atoms with E-state index in [1.165, 1.54) is 4.31 Å². The molecule has 0 amide bonds. The fourth-order valence-electron chi connectivity index (χ4n) is 4.17. The normalized spacial score (nSPS) is 16.9. The standard InChI is InChI=1S/C25H22Cl2N4O2S/c1-30-25-23(21(16-34(30,32)33)28-15-17-7-3-2-4-8-17)29-31(22-10-6-5-9-20(22)27)24(25)18-11-13-19(26)14-12-18/h2-14,21,28H,15-16H2,1H3. The van der Waals surface area contributed by atoms with Crippen LogP contribution in [0.25, 0.3) is 16.9 Å². The van der Waals surface area contributed by atoms with Gasteiger partial charge in [-0.1, -0.05) is 77.8 Å². The zero-order valence-corrected chi connectivity index (χ0v) is 20.6. The lowest BCUT2D eigenvalue weighted by atomic mass is 10.1. The van der Waals surface area contributed by atoms with Gasteiger partial charge in [0.1, 0.15) is 11.4 Å². The van der Waals surface area contributed by atoms with Crippen LogP contribution in [0.4, 0.5) is 5.69 Å². The van der Waals surface area contributed by atoms with Gasteiger partial charge >= 0.3 is 0 Å². The summed E-state index contributed by atoms with van der Waals surface area (Å²) in [4.78, 5) is 0. The highest BCUT2D eigenvalue weighted by Gasteiger charge is 2.40. The Bertz CT molecular complexity index is 1440. The Morgan fingerprint density at radius 2 is 1.65 bits per heavy atom. The van der Waals surface area contributed by atoms with Crippen LogP contribution < -0.4 is 9.62 Å². The second kappa shape index (κ2) is 9.07. The van der Waals surface area contributed by atoms with E-state index in [0.29, 0.717) is 39.4 Å². The molecule has 2 heterocycles. The van der Waals surface area contributed by atoms with Crippen molar-refractivity contribution in [3.05, 3.63) is 100 Å². The minimum atomic E-state index is -3.59. The summed E-state index contributed by atoms with van der Waals surface area (Å²) in [5.74, 6) is -0.0943. The van der Waals surface area contributed by atoms with E-state index in [1.807, 2.05) is 60.7 Å². The Morgan fingerprint density at radius 1 is 0.971 bits per heavy atom. The maximum atomic E-state index is 13.2. The number of hydrogen-bond acceptors (Lipinski definition) is 4. The highest BCUT2D eigenvalue weighted by atomic mass is 35.5. The van der Waals surface area contributed by atoms with Gasteiger partial charge in [-0.3, -0.25) is 4.31 Å². The first-order valence-corrected chi connectivity index (χ1v) is 13.1. The van der Waals surface area contributed by atoms with E-state index in [1.54, 1.807) is 29.9 Å². The van der Waals surface area contributed by atoms with Crippen LogP contribution in [-0.2, 0) is 16.6 Å². The van der Waals surface area contributed by atoms with Crippen LogP contribution in [0.5, 0.6) is 0 Å². The Labute approximate surface area is 208 Å². The molecule has 4 aromatic rings. The van der Waals surface area contributed by atoms with Crippen molar-refractivity contribution in [2.75, 3.05) is 17.1 Å². The summed E-state index contributed by atoms with van der Waals surface area (Å²) in [5, 5.41) is 9.42. The summed E-state index contributed by atoms with van der Waals surface area (Å²) in [6.07, 6.45) is 0. The van der Waals surface area contributed by atoms with E-state index in [-0.39, 0.29) is 5.75 Å². The van der Waals surface area contributed by atoms with E-state index < -0.39 is 16.1 Å². The number of fused-ring (bicyclic) bond motifs is 1. The molecule has 0 saturated heterocycles. The van der Waals surface area contributed by atoms with Crippen LogP contribution in [0, 0.1) is 0 Å². The third-order valence-electron chi connectivity index (χ3n) is 5.92. The molecule has 5 rings (SSSR count). The van der Waals surface area contributed by atoms with Gasteiger partial charge in [-0.05, 0) is 29.8 Å². The number of nitrogens with one attached hydrogen (secondary N) is 1. The minimum Gasteiger partial charge on any atom is -0.303 e. The number of rotatable bonds is 5. The van der Waals surface area contributed by atoms with Gasteiger partial charge in [0.05, 0.1) is 28.2 Å². The Kier molecular flexibility index (Phi) is 6.12. The predicted octanol–water partition coefficient (Wildman–Crippen LogP) is 5.46. The van der Waals surface area contributed by atoms with Gasteiger partial charge in [0, 0.05) is 24.2 Å². The molecule has 1 N–H and O–H groups in total. The predicted molar refractivity (Wildman–Crippen MR) is 137 cm³/mol. The van der Waals surface area contributed by atoms with E-state index >= 15 is 0 Å². The summed E-state index contributed by atoms with van der Waals surface area (Å²) in [6.45, 7) is 0.513.